The second-order valence-electron chi connectivity index (χ2n) is 6.89. The molecule has 0 unspecified atom stereocenters. The predicted molar refractivity (Wildman–Crippen MR) is 103 cm³/mol. The number of carbonyl (C=O) groups is 1. The van der Waals surface area contributed by atoms with Gasteiger partial charge in [0.2, 0.25) is 0 Å². The van der Waals surface area contributed by atoms with Crippen LogP contribution in [0.15, 0.2) is 30.6 Å². The molecular formula is C19H24ClN3O5. The van der Waals surface area contributed by atoms with Crippen LogP contribution in [0.25, 0.3) is 11.4 Å². The van der Waals surface area contributed by atoms with Crippen LogP contribution in [0.5, 0.6) is 5.75 Å². The fourth-order valence-electron chi connectivity index (χ4n) is 3.91. The zero-order valence-corrected chi connectivity index (χ0v) is 16.1. The summed E-state index contributed by atoms with van der Waals surface area (Å²) < 4.78 is 8.07. The first-order valence-electron chi connectivity index (χ1n) is 9.13. The highest BCUT2D eigenvalue weighted by molar-refractivity contribution is 6.32. The van der Waals surface area contributed by atoms with E-state index in [0.717, 1.165) is 37.5 Å². The molecule has 1 aromatic heterocycles. The molecule has 3 heterocycles. The number of aromatic nitrogens is 2. The van der Waals surface area contributed by atoms with Crippen molar-refractivity contribution in [2.24, 2.45) is 0 Å². The minimum Gasteiger partial charge on any atom is -0.506 e. The number of hydrogen-bond donors (Lipinski definition) is 3. The van der Waals surface area contributed by atoms with Gasteiger partial charge in [-0.15, -0.1) is 0 Å². The number of benzene rings is 1. The number of aliphatic hydroxyl groups excluding tert-OH is 1. The number of rotatable bonds is 4. The number of halogens is 1. The van der Waals surface area contributed by atoms with Crippen molar-refractivity contribution in [3.63, 3.8) is 0 Å². The van der Waals surface area contributed by atoms with Gasteiger partial charge in [-0.3, -0.25) is 9.69 Å². The molecule has 9 heteroatoms. The minimum atomic E-state index is -0.250. The largest absolute Gasteiger partial charge is 0.506 e. The molecule has 0 saturated carbocycles. The van der Waals surface area contributed by atoms with Crippen molar-refractivity contribution in [2.45, 2.75) is 31.0 Å². The summed E-state index contributed by atoms with van der Waals surface area (Å²) in [5.74, 6) is 0.938. The van der Waals surface area contributed by atoms with Crippen molar-refractivity contribution in [2.75, 3.05) is 26.3 Å². The van der Waals surface area contributed by atoms with E-state index in [2.05, 4.69) is 14.5 Å². The standard InChI is InChI=1S/C18H22ClN3O3.CH2O2/c19-16-7-12(1-2-17(16)24)18-20-4-5-22(18)13-8-14-11-25-15(3-6-23)10-21(14)9-13;2-1-3/h1-2,4-5,7,13-15,23-24H,3,6,8-11H2;1H,(H,2,3)/t13-,14+,15+;/m1./s1. The van der Waals surface area contributed by atoms with Gasteiger partial charge < -0.3 is 24.6 Å². The summed E-state index contributed by atoms with van der Waals surface area (Å²) in [6, 6.07) is 5.92. The van der Waals surface area contributed by atoms with E-state index in [1.807, 2.05) is 12.3 Å². The molecule has 3 atom stereocenters. The lowest BCUT2D eigenvalue weighted by Gasteiger charge is -2.34. The number of imidazole rings is 1. The third-order valence-corrected chi connectivity index (χ3v) is 5.49. The maximum atomic E-state index is 9.63. The van der Waals surface area contributed by atoms with Gasteiger partial charge in [-0.25, -0.2) is 4.98 Å². The SMILES string of the molecule is O=CO.OCC[C@H]1CN2C[C@H](n3ccnc3-c3ccc(O)c(Cl)c3)C[C@H]2CO1. The number of aliphatic hydroxyl groups is 1. The molecule has 3 N–H and O–H groups in total. The summed E-state index contributed by atoms with van der Waals surface area (Å²) in [5.41, 5.74) is 0.895. The zero-order valence-electron chi connectivity index (χ0n) is 15.3. The number of carboxylic acid groups (broad SMARTS) is 1. The van der Waals surface area contributed by atoms with Crippen LogP contribution in [0.2, 0.25) is 5.02 Å². The van der Waals surface area contributed by atoms with Gasteiger partial charge in [0.1, 0.15) is 11.6 Å². The monoisotopic (exact) mass is 409 g/mol. The normalized spacial score (nSPS) is 24.3. The Morgan fingerprint density at radius 2 is 2.11 bits per heavy atom. The fourth-order valence-corrected chi connectivity index (χ4v) is 4.09. The summed E-state index contributed by atoms with van der Waals surface area (Å²) in [6.07, 6.45) is 5.64. The predicted octanol–water partition coefficient (Wildman–Crippen LogP) is 2.01. The zero-order chi connectivity index (χ0) is 20.1. The molecule has 4 rings (SSSR count). The van der Waals surface area contributed by atoms with E-state index in [0.29, 0.717) is 23.5 Å². The number of aromatic hydroxyl groups is 1. The van der Waals surface area contributed by atoms with Gasteiger partial charge in [-0.05, 0) is 31.0 Å². The average Bonchev–Trinajstić information content (AvgIpc) is 3.31. The molecule has 2 aromatic rings. The molecule has 2 aliphatic heterocycles. The summed E-state index contributed by atoms with van der Waals surface area (Å²) in [7, 11) is 0. The lowest BCUT2D eigenvalue weighted by atomic mass is 10.1. The van der Waals surface area contributed by atoms with Gasteiger partial charge in [0.25, 0.3) is 6.47 Å². The lowest BCUT2D eigenvalue weighted by Crippen LogP contribution is -2.46. The molecule has 2 saturated heterocycles. The van der Waals surface area contributed by atoms with Gasteiger partial charge in [-0.2, -0.15) is 0 Å². The van der Waals surface area contributed by atoms with Crippen LogP contribution >= 0.6 is 11.6 Å². The number of phenols is 1. The molecule has 2 fully saturated rings. The molecule has 0 bridgehead atoms. The number of fused-ring (bicyclic) bond motifs is 1. The fraction of sp³-hybridized carbons (Fsp3) is 0.474. The number of hydrogen-bond acceptors (Lipinski definition) is 6. The molecule has 1 aromatic carbocycles. The first kappa shape index (κ1) is 20.6. The Bertz CT molecular complexity index is 800. The first-order chi connectivity index (χ1) is 13.6. The van der Waals surface area contributed by atoms with Crippen molar-refractivity contribution >= 4 is 18.1 Å². The van der Waals surface area contributed by atoms with E-state index in [4.69, 9.17) is 31.3 Å². The Hall–Kier alpha value is -2.13. The van der Waals surface area contributed by atoms with Crippen LogP contribution in [0, 0.1) is 0 Å². The van der Waals surface area contributed by atoms with E-state index in [1.165, 1.54) is 0 Å². The van der Waals surface area contributed by atoms with E-state index in [1.54, 1.807) is 18.3 Å². The number of morpholine rings is 1. The maximum Gasteiger partial charge on any atom is 0.290 e. The van der Waals surface area contributed by atoms with Gasteiger partial charge in [0, 0.05) is 49.7 Å². The van der Waals surface area contributed by atoms with Crippen molar-refractivity contribution in [3.05, 3.63) is 35.6 Å². The van der Waals surface area contributed by atoms with Crippen LogP contribution in [0.1, 0.15) is 18.9 Å². The molecule has 152 valence electrons. The highest BCUT2D eigenvalue weighted by Gasteiger charge is 2.38. The highest BCUT2D eigenvalue weighted by Crippen LogP contribution is 2.35. The Morgan fingerprint density at radius 3 is 2.82 bits per heavy atom. The summed E-state index contributed by atoms with van der Waals surface area (Å²) in [6.45, 7) is 2.46. The Labute approximate surface area is 167 Å². The van der Waals surface area contributed by atoms with Crippen molar-refractivity contribution < 1.29 is 24.9 Å². The third kappa shape index (κ3) is 4.47. The molecule has 0 amide bonds. The smallest absolute Gasteiger partial charge is 0.290 e. The molecule has 0 radical (unpaired) electrons. The van der Waals surface area contributed by atoms with Crippen LogP contribution < -0.4 is 0 Å². The van der Waals surface area contributed by atoms with Crippen LogP contribution in [0.4, 0.5) is 0 Å². The second kappa shape index (κ2) is 9.38. The summed E-state index contributed by atoms with van der Waals surface area (Å²) >= 11 is 6.06. The van der Waals surface area contributed by atoms with E-state index in [-0.39, 0.29) is 24.9 Å². The molecule has 8 nitrogen and oxygen atoms in total. The van der Waals surface area contributed by atoms with Crippen LogP contribution in [-0.4, -0.2) is 74.7 Å². The number of ether oxygens (including phenoxy) is 1. The number of nitrogens with zero attached hydrogens (tertiary/aromatic N) is 3. The van der Waals surface area contributed by atoms with Crippen LogP contribution in [-0.2, 0) is 9.53 Å². The third-order valence-electron chi connectivity index (χ3n) is 5.19. The molecule has 28 heavy (non-hydrogen) atoms. The first-order valence-corrected chi connectivity index (χ1v) is 9.51. The Morgan fingerprint density at radius 1 is 1.32 bits per heavy atom. The second-order valence-corrected chi connectivity index (χ2v) is 7.30. The molecule has 2 aliphatic rings. The van der Waals surface area contributed by atoms with E-state index in [9.17, 15) is 5.11 Å². The maximum absolute atomic E-state index is 9.63. The highest BCUT2D eigenvalue weighted by atomic mass is 35.5. The Kier molecular flexibility index (Phi) is 6.90. The topological polar surface area (TPSA) is 108 Å². The van der Waals surface area contributed by atoms with Crippen molar-refractivity contribution in [1.29, 1.82) is 0 Å². The van der Waals surface area contributed by atoms with E-state index < -0.39 is 0 Å². The average molecular weight is 410 g/mol. The van der Waals surface area contributed by atoms with Crippen molar-refractivity contribution in [1.82, 2.24) is 14.5 Å². The van der Waals surface area contributed by atoms with Gasteiger partial charge >= 0.3 is 0 Å². The quantitative estimate of drug-likeness (QED) is 0.663. The molecular weight excluding hydrogens is 386 g/mol. The Balaban J connectivity index is 0.000000706. The van der Waals surface area contributed by atoms with Crippen molar-refractivity contribution in [3.8, 4) is 17.1 Å². The lowest BCUT2D eigenvalue weighted by molar-refractivity contribution is -0.122. The van der Waals surface area contributed by atoms with E-state index >= 15 is 0 Å². The summed E-state index contributed by atoms with van der Waals surface area (Å²) in [5, 5.41) is 26.0. The van der Waals surface area contributed by atoms with Gasteiger partial charge in [-0.1, -0.05) is 11.6 Å². The van der Waals surface area contributed by atoms with Crippen LogP contribution in [0.3, 0.4) is 0 Å². The minimum absolute atomic E-state index is 0.0774. The van der Waals surface area contributed by atoms with Gasteiger partial charge in [0.15, 0.2) is 0 Å². The summed E-state index contributed by atoms with van der Waals surface area (Å²) in [4.78, 5) is 15.3. The van der Waals surface area contributed by atoms with Gasteiger partial charge in [0.05, 0.1) is 17.7 Å². The molecule has 0 aliphatic carbocycles. The molecule has 0 spiro atoms. The number of phenolic OH excluding ortho intramolecular Hbond substituents is 1.